The summed E-state index contributed by atoms with van der Waals surface area (Å²) in [5.74, 6) is 1.31. The quantitative estimate of drug-likeness (QED) is 0.347. The molecule has 27 heavy (non-hydrogen) atoms. The first-order valence-corrected chi connectivity index (χ1v) is 9.32. The Bertz CT molecular complexity index is 1000. The zero-order valence-corrected chi connectivity index (χ0v) is 15.8. The standard InChI is InChI=1S/C21H20ClN3O2/c1-2-25-20-12-17(27-10-4-9-22)7-8-18(20)19(13-23)21(25)15-5-3-6-16(11-15)24-14-26/h3,5-8,11-12,14H,2,4,9-10H2,1H3,(H,24,26). The van der Waals surface area contributed by atoms with Crippen LogP contribution in [0.25, 0.3) is 22.2 Å². The van der Waals surface area contributed by atoms with E-state index < -0.39 is 0 Å². The Kier molecular flexibility index (Phi) is 6.00. The number of fused-ring (bicyclic) bond motifs is 1. The molecule has 1 heterocycles. The van der Waals surface area contributed by atoms with Crippen molar-refractivity contribution in [2.75, 3.05) is 17.8 Å². The van der Waals surface area contributed by atoms with Crippen molar-refractivity contribution in [3.05, 3.63) is 48.0 Å². The van der Waals surface area contributed by atoms with Gasteiger partial charge >= 0.3 is 0 Å². The van der Waals surface area contributed by atoms with Crippen LogP contribution in [0.5, 0.6) is 5.75 Å². The number of halogens is 1. The fraction of sp³-hybridized carbons (Fsp3) is 0.238. The Hall–Kier alpha value is -2.97. The zero-order chi connectivity index (χ0) is 19.2. The van der Waals surface area contributed by atoms with Crippen molar-refractivity contribution >= 4 is 34.6 Å². The number of alkyl halides is 1. The second-order valence-corrected chi connectivity index (χ2v) is 6.37. The van der Waals surface area contributed by atoms with Gasteiger partial charge in [0.1, 0.15) is 11.8 Å². The maximum absolute atomic E-state index is 10.8. The van der Waals surface area contributed by atoms with Crippen molar-refractivity contribution in [3.8, 4) is 23.1 Å². The third-order valence-corrected chi connectivity index (χ3v) is 4.64. The predicted molar refractivity (Wildman–Crippen MR) is 108 cm³/mol. The number of nitrogens with zero attached hydrogens (tertiary/aromatic N) is 2. The van der Waals surface area contributed by atoms with E-state index in [1.165, 1.54) is 0 Å². The molecule has 0 aliphatic rings. The summed E-state index contributed by atoms with van der Waals surface area (Å²) >= 11 is 5.71. The Morgan fingerprint density at radius 3 is 2.85 bits per heavy atom. The largest absolute Gasteiger partial charge is 0.493 e. The van der Waals surface area contributed by atoms with Crippen LogP contribution < -0.4 is 10.1 Å². The Morgan fingerprint density at radius 1 is 1.30 bits per heavy atom. The van der Waals surface area contributed by atoms with Crippen LogP contribution in [0.1, 0.15) is 18.9 Å². The molecule has 138 valence electrons. The fourth-order valence-corrected chi connectivity index (χ4v) is 3.34. The molecule has 2 aromatic carbocycles. The first kappa shape index (κ1) is 18.8. The van der Waals surface area contributed by atoms with Gasteiger partial charge in [-0.1, -0.05) is 12.1 Å². The summed E-state index contributed by atoms with van der Waals surface area (Å²) in [5, 5.41) is 13.4. The van der Waals surface area contributed by atoms with E-state index in [0.717, 1.165) is 34.3 Å². The molecule has 1 aromatic heterocycles. The lowest BCUT2D eigenvalue weighted by molar-refractivity contribution is -0.105. The van der Waals surface area contributed by atoms with Crippen LogP contribution in [0.4, 0.5) is 5.69 Å². The van der Waals surface area contributed by atoms with Gasteiger partial charge in [0.05, 0.1) is 23.4 Å². The molecule has 5 nitrogen and oxygen atoms in total. The lowest BCUT2D eigenvalue weighted by atomic mass is 10.1. The molecule has 0 atom stereocenters. The smallest absolute Gasteiger partial charge is 0.211 e. The van der Waals surface area contributed by atoms with Gasteiger partial charge in [0.2, 0.25) is 6.41 Å². The molecule has 0 spiro atoms. The summed E-state index contributed by atoms with van der Waals surface area (Å²) in [6.45, 7) is 3.29. The Labute approximate surface area is 163 Å². The number of rotatable bonds is 8. The molecule has 0 radical (unpaired) electrons. The number of hydrogen-bond acceptors (Lipinski definition) is 3. The van der Waals surface area contributed by atoms with Crippen LogP contribution in [-0.2, 0) is 11.3 Å². The molecular weight excluding hydrogens is 362 g/mol. The minimum absolute atomic E-state index is 0.555. The molecule has 1 N–H and O–H groups in total. The normalized spacial score (nSPS) is 10.6. The van der Waals surface area contributed by atoms with E-state index >= 15 is 0 Å². The minimum atomic E-state index is 0.555. The number of aromatic nitrogens is 1. The van der Waals surface area contributed by atoms with E-state index in [1.54, 1.807) is 0 Å². The highest BCUT2D eigenvalue weighted by Gasteiger charge is 2.18. The summed E-state index contributed by atoms with van der Waals surface area (Å²) in [4.78, 5) is 10.8. The van der Waals surface area contributed by atoms with Crippen molar-refractivity contribution in [3.63, 3.8) is 0 Å². The number of aryl methyl sites for hydroxylation is 1. The van der Waals surface area contributed by atoms with Crippen LogP contribution in [0, 0.1) is 11.3 Å². The molecule has 3 aromatic rings. The van der Waals surface area contributed by atoms with Crippen molar-refractivity contribution in [2.45, 2.75) is 19.9 Å². The van der Waals surface area contributed by atoms with Gasteiger partial charge in [0, 0.05) is 35.1 Å². The van der Waals surface area contributed by atoms with Gasteiger partial charge in [-0.3, -0.25) is 4.79 Å². The molecule has 0 saturated carbocycles. The monoisotopic (exact) mass is 381 g/mol. The minimum Gasteiger partial charge on any atom is -0.493 e. The van der Waals surface area contributed by atoms with E-state index in [1.807, 2.05) is 49.4 Å². The predicted octanol–water partition coefficient (Wildman–Crippen LogP) is 4.78. The van der Waals surface area contributed by atoms with Gasteiger partial charge in [-0.2, -0.15) is 5.26 Å². The average Bonchev–Trinajstić information content (AvgIpc) is 3.01. The molecule has 0 unspecified atom stereocenters. The third kappa shape index (κ3) is 3.76. The van der Waals surface area contributed by atoms with Crippen LogP contribution in [0.3, 0.4) is 0 Å². The first-order valence-electron chi connectivity index (χ1n) is 8.79. The van der Waals surface area contributed by atoms with Gasteiger partial charge in [-0.15, -0.1) is 11.6 Å². The van der Waals surface area contributed by atoms with Crippen LogP contribution in [0.2, 0.25) is 0 Å². The van der Waals surface area contributed by atoms with E-state index in [-0.39, 0.29) is 0 Å². The highest BCUT2D eigenvalue weighted by Crippen LogP contribution is 2.36. The zero-order valence-electron chi connectivity index (χ0n) is 15.0. The number of amides is 1. The number of hydrogen-bond donors (Lipinski definition) is 1. The lowest BCUT2D eigenvalue weighted by Crippen LogP contribution is -2.00. The molecular formula is C21H20ClN3O2. The maximum Gasteiger partial charge on any atom is 0.211 e. The molecule has 0 bridgehead atoms. The maximum atomic E-state index is 10.8. The number of nitrogens with one attached hydrogen (secondary N) is 1. The summed E-state index contributed by atoms with van der Waals surface area (Å²) in [5.41, 5.74) is 3.96. The van der Waals surface area contributed by atoms with Crippen molar-refractivity contribution in [1.29, 1.82) is 5.26 Å². The number of anilines is 1. The second kappa shape index (κ2) is 8.61. The summed E-state index contributed by atoms with van der Waals surface area (Å²) in [6.07, 6.45) is 1.42. The molecule has 0 saturated heterocycles. The summed E-state index contributed by atoms with van der Waals surface area (Å²) < 4.78 is 7.86. The Balaban J connectivity index is 2.15. The van der Waals surface area contributed by atoms with E-state index in [2.05, 4.69) is 16.0 Å². The van der Waals surface area contributed by atoms with Gasteiger partial charge in [-0.05, 0) is 37.6 Å². The molecule has 0 fully saturated rings. The van der Waals surface area contributed by atoms with Crippen molar-refractivity contribution < 1.29 is 9.53 Å². The highest BCUT2D eigenvalue weighted by atomic mass is 35.5. The first-order chi connectivity index (χ1) is 13.2. The van der Waals surface area contributed by atoms with Crippen LogP contribution in [-0.4, -0.2) is 23.5 Å². The van der Waals surface area contributed by atoms with Gasteiger partial charge < -0.3 is 14.6 Å². The topological polar surface area (TPSA) is 67.0 Å². The SMILES string of the molecule is CCn1c(-c2cccc(NC=O)c2)c(C#N)c2ccc(OCCCCl)cc21. The molecule has 0 aliphatic carbocycles. The van der Waals surface area contributed by atoms with Gasteiger partial charge in [0.15, 0.2) is 0 Å². The van der Waals surface area contributed by atoms with Crippen molar-refractivity contribution in [1.82, 2.24) is 4.57 Å². The number of carbonyl (C=O) groups excluding carboxylic acids is 1. The Morgan fingerprint density at radius 2 is 2.15 bits per heavy atom. The van der Waals surface area contributed by atoms with Gasteiger partial charge in [0.25, 0.3) is 0 Å². The van der Waals surface area contributed by atoms with Gasteiger partial charge in [-0.25, -0.2) is 0 Å². The van der Waals surface area contributed by atoms with Crippen molar-refractivity contribution in [2.24, 2.45) is 0 Å². The second-order valence-electron chi connectivity index (χ2n) is 5.99. The summed E-state index contributed by atoms with van der Waals surface area (Å²) in [7, 11) is 0. The van der Waals surface area contributed by atoms with Crippen LogP contribution >= 0.6 is 11.6 Å². The molecule has 0 aliphatic heterocycles. The third-order valence-electron chi connectivity index (χ3n) is 4.37. The number of benzene rings is 2. The summed E-state index contributed by atoms with van der Waals surface area (Å²) in [6, 6.07) is 15.6. The van der Waals surface area contributed by atoms with Crippen LogP contribution in [0.15, 0.2) is 42.5 Å². The number of carbonyl (C=O) groups is 1. The molecule has 3 rings (SSSR count). The van der Waals surface area contributed by atoms with E-state index in [9.17, 15) is 10.1 Å². The fourth-order valence-electron chi connectivity index (χ4n) is 3.23. The van der Waals surface area contributed by atoms with E-state index in [4.69, 9.17) is 16.3 Å². The lowest BCUT2D eigenvalue weighted by Gasteiger charge is -2.10. The number of nitriles is 1. The highest BCUT2D eigenvalue weighted by molar-refractivity contribution is 6.17. The molecule has 6 heteroatoms. The van der Waals surface area contributed by atoms with E-state index in [0.29, 0.717) is 36.7 Å². The average molecular weight is 382 g/mol. The molecule has 1 amide bonds. The number of ether oxygens (including phenoxy) is 1.